The van der Waals surface area contributed by atoms with Crippen LogP contribution in [0.1, 0.15) is 29.4 Å². The van der Waals surface area contributed by atoms with Gasteiger partial charge < -0.3 is 23.9 Å². The van der Waals surface area contributed by atoms with Crippen LogP contribution in [0.2, 0.25) is 0 Å². The third kappa shape index (κ3) is 5.08. The molecule has 1 N–H and O–H groups in total. The summed E-state index contributed by atoms with van der Waals surface area (Å²) in [6, 6.07) is 15.3. The van der Waals surface area contributed by atoms with Gasteiger partial charge in [-0.15, -0.1) is 0 Å². The molecule has 0 saturated carbocycles. The number of rotatable bonds is 6. The Labute approximate surface area is 228 Å². The molecule has 206 valence electrons. The van der Waals surface area contributed by atoms with Crippen molar-refractivity contribution in [3.8, 4) is 11.5 Å². The molecule has 0 amide bonds. The zero-order valence-corrected chi connectivity index (χ0v) is 22.8. The lowest BCUT2D eigenvalue weighted by Gasteiger charge is -2.43. The first-order valence-corrected chi connectivity index (χ1v) is 13.8. The molecule has 5 heterocycles. The molecule has 6 rings (SSSR count). The average molecular weight is 532 g/mol. The number of aromatic nitrogens is 2. The summed E-state index contributed by atoms with van der Waals surface area (Å²) in [7, 11) is 3.63. The largest absolute Gasteiger partial charge is 0.503 e. The summed E-state index contributed by atoms with van der Waals surface area (Å²) < 4.78 is 9.23. The monoisotopic (exact) mass is 531 g/mol. The van der Waals surface area contributed by atoms with Crippen LogP contribution in [0.15, 0.2) is 58.1 Å². The molecule has 9 heteroatoms. The van der Waals surface area contributed by atoms with Crippen molar-refractivity contribution in [2.24, 2.45) is 13.0 Å². The molecule has 2 fully saturated rings. The number of hydrogen-bond donors (Lipinski definition) is 1. The van der Waals surface area contributed by atoms with E-state index in [2.05, 4.69) is 32.9 Å². The van der Waals surface area contributed by atoms with Gasteiger partial charge in [0.15, 0.2) is 5.75 Å². The smallest absolute Gasteiger partial charge is 0.250 e. The second kappa shape index (κ2) is 10.5. The van der Waals surface area contributed by atoms with Crippen LogP contribution in [0.3, 0.4) is 0 Å². The summed E-state index contributed by atoms with van der Waals surface area (Å²) in [4.78, 5) is 32.3. The summed E-state index contributed by atoms with van der Waals surface area (Å²) in [5.74, 6) is 1.44. The van der Waals surface area contributed by atoms with Gasteiger partial charge in [0.1, 0.15) is 5.75 Å². The highest BCUT2D eigenvalue weighted by Gasteiger charge is 2.34. The van der Waals surface area contributed by atoms with Crippen molar-refractivity contribution in [1.82, 2.24) is 18.9 Å². The lowest BCUT2D eigenvalue weighted by atomic mass is 9.83. The first kappa shape index (κ1) is 25.7. The molecule has 9 nitrogen and oxygen atoms in total. The molecule has 0 spiro atoms. The highest BCUT2D eigenvalue weighted by molar-refractivity contribution is 5.49. The van der Waals surface area contributed by atoms with Crippen LogP contribution >= 0.6 is 0 Å². The van der Waals surface area contributed by atoms with Crippen LogP contribution in [0, 0.1) is 5.92 Å². The normalized spacial score (nSPS) is 21.5. The molecule has 0 radical (unpaired) electrons. The van der Waals surface area contributed by atoms with E-state index in [-0.39, 0.29) is 16.7 Å². The van der Waals surface area contributed by atoms with Crippen molar-refractivity contribution in [3.05, 3.63) is 86.2 Å². The van der Waals surface area contributed by atoms with Crippen molar-refractivity contribution < 1.29 is 9.84 Å². The van der Waals surface area contributed by atoms with Gasteiger partial charge in [-0.3, -0.25) is 19.4 Å². The first-order chi connectivity index (χ1) is 18.9. The number of piperazine rings is 1. The van der Waals surface area contributed by atoms with Gasteiger partial charge in [0.05, 0.1) is 12.8 Å². The molecular weight excluding hydrogens is 494 g/mol. The lowest BCUT2D eigenvalue weighted by molar-refractivity contribution is 0.112. The fourth-order valence-electron chi connectivity index (χ4n) is 6.65. The third-order valence-corrected chi connectivity index (χ3v) is 8.76. The molecule has 3 aromatic rings. The number of nitrogens with zero attached hydrogens (tertiary/aromatic N) is 5. The molecule has 39 heavy (non-hydrogen) atoms. The van der Waals surface area contributed by atoms with Crippen LogP contribution in [0.4, 0.5) is 5.69 Å². The topological polar surface area (TPSA) is 83.2 Å². The molecule has 2 bridgehead atoms. The zero-order valence-electron chi connectivity index (χ0n) is 22.8. The number of likely N-dealkylation sites (tertiary alicyclic amines) is 1. The van der Waals surface area contributed by atoms with Gasteiger partial charge in [0.25, 0.3) is 5.56 Å². The van der Waals surface area contributed by atoms with E-state index in [0.717, 1.165) is 69.4 Å². The molecule has 2 saturated heterocycles. The second-order valence-corrected chi connectivity index (χ2v) is 11.2. The molecule has 1 aromatic carbocycles. The Hall–Kier alpha value is -3.56. The Balaban J connectivity index is 1.14. The molecule has 3 aliphatic rings. The predicted molar refractivity (Wildman–Crippen MR) is 151 cm³/mol. The Bertz CT molecular complexity index is 1460. The summed E-state index contributed by atoms with van der Waals surface area (Å²) in [6.45, 7) is 7.13. The highest BCUT2D eigenvalue weighted by Crippen LogP contribution is 2.35. The quantitative estimate of drug-likeness (QED) is 0.522. The number of piperidine rings is 1. The van der Waals surface area contributed by atoms with Crippen molar-refractivity contribution in [1.29, 1.82) is 0 Å². The molecular formula is C30H37N5O4. The Kier molecular flexibility index (Phi) is 6.95. The van der Waals surface area contributed by atoms with E-state index < -0.39 is 0 Å². The molecule has 2 atom stereocenters. The van der Waals surface area contributed by atoms with E-state index >= 15 is 0 Å². The summed E-state index contributed by atoms with van der Waals surface area (Å²) >= 11 is 0. The SMILES string of the molecule is COc1ccc(N2CCN(Cc3c(O)c(=O)cc(CN4CC5CC(C4)c4cccc(=O)n4C5)n3C)CC2)cc1. The number of methoxy groups -OCH3 is 1. The van der Waals surface area contributed by atoms with Gasteiger partial charge >= 0.3 is 0 Å². The van der Waals surface area contributed by atoms with Gasteiger partial charge in [0, 0.05) is 101 Å². The number of aromatic hydroxyl groups is 1. The minimum absolute atomic E-state index is 0.0889. The fourth-order valence-corrected chi connectivity index (χ4v) is 6.65. The van der Waals surface area contributed by atoms with E-state index in [1.165, 1.54) is 5.69 Å². The maximum atomic E-state index is 12.8. The van der Waals surface area contributed by atoms with Crippen LogP contribution in [-0.2, 0) is 26.7 Å². The van der Waals surface area contributed by atoms with Crippen molar-refractivity contribution in [2.75, 3.05) is 51.3 Å². The third-order valence-electron chi connectivity index (χ3n) is 8.76. The van der Waals surface area contributed by atoms with Gasteiger partial charge in [-0.1, -0.05) is 6.07 Å². The Morgan fingerprint density at radius 2 is 1.69 bits per heavy atom. The Morgan fingerprint density at radius 1 is 0.923 bits per heavy atom. The van der Waals surface area contributed by atoms with Crippen LogP contribution < -0.4 is 20.6 Å². The van der Waals surface area contributed by atoms with E-state index in [1.807, 2.05) is 34.4 Å². The maximum absolute atomic E-state index is 12.8. The number of pyridine rings is 2. The van der Waals surface area contributed by atoms with Gasteiger partial charge in [0.2, 0.25) is 5.43 Å². The van der Waals surface area contributed by atoms with Gasteiger partial charge in [-0.2, -0.15) is 0 Å². The zero-order chi connectivity index (χ0) is 27.1. The minimum atomic E-state index is -0.316. The van der Waals surface area contributed by atoms with Crippen LogP contribution in [0.25, 0.3) is 0 Å². The van der Waals surface area contributed by atoms with Crippen molar-refractivity contribution in [2.45, 2.75) is 32.0 Å². The van der Waals surface area contributed by atoms with Crippen molar-refractivity contribution >= 4 is 5.69 Å². The number of anilines is 1. The summed E-state index contributed by atoms with van der Waals surface area (Å²) in [6.07, 6.45) is 1.10. The molecule has 0 aliphatic carbocycles. The Morgan fingerprint density at radius 3 is 2.44 bits per heavy atom. The van der Waals surface area contributed by atoms with Crippen molar-refractivity contribution in [3.63, 3.8) is 0 Å². The molecule has 2 aromatic heterocycles. The fraction of sp³-hybridized carbons (Fsp3) is 0.467. The van der Waals surface area contributed by atoms with Crippen LogP contribution in [0.5, 0.6) is 11.5 Å². The van der Waals surface area contributed by atoms with Gasteiger partial charge in [-0.25, -0.2) is 0 Å². The van der Waals surface area contributed by atoms with E-state index in [9.17, 15) is 14.7 Å². The van der Waals surface area contributed by atoms with E-state index in [0.29, 0.717) is 30.6 Å². The number of benzene rings is 1. The highest BCUT2D eigenvalue weighted by atomic mass is 16.5. The standard InChI is InChI=1S/C30H37N5O4/c1-31-24(19-33-16-21-14-22(18-33)26-4-3-5-29(37)35(26)17-21)15-28(36)30(38)27(31)20-32-10-12-34(13-11-32)23-6-8-25(39-2)9-7-23/h3-9,15,21-22,38H,10-14,16-20H2,1-2H3. The summed E-state index contributed by atoms with van der Waals surface area (Å²) in [5, 5.41) is 10.8. The van der Waals surface area contributed by atoms with E-state index in [1.54, 1.807) is 19.2 Å². The molecule has 2 unspecified atom stereocenters. The van der Waals surface area contributed by atoms with Crippen LogP contribution in [-0.4, -0.2) is 70.4 Å². The van der Waals surface area contributed by atoms with E-state index in [4.69, 9.17) is 4.74 Å². The minimum Gasteiger partial charge on any atom is -0.503 e. The van der Waals surface area contributed by atoms with Gasteiger partial charge in [-0.05, 0) is 42.7 Å². The molecule has 3 aliphatic heterocycles. The predicted octanol–water partition coefficient (Wildman–Crippen LogP) is 2.20. The lowest BCUT2D eigenvalue weighted by Crippen LogP contribution is -2.47. The summed E-state index contributed by atoms with van der Waals surface area (Å²) in [5.41, 5.74) is 3.65. The number of ether oxygens (including phenoxy) is 1. The first-order valence-electron chi connectivity index (χ1n) is 13.8. The second-order valence-electron chi connectivity index (χ2n) is 11.2. The number of fused-ring (bicyclic) bond motifs is 4. The number of hydrogen-bond acceptors (Lipinski definition) is 7. The maximum Gasteiger partial charge on any atom is 0.250 e. The average Bonchev–Trinajstić information content (AvgIpc) is 2.95.